The fourth-order valence-electron chi connectivity index (χ4n) is 4.43. The Bertz CT molecular complexity index is 1020. The van der Waals surface area contributed by atoms with Crippen LogP contribution in [0.5, 0.6) is 0 Å². The third-order valence-electron chi connectivity index (χ3n) is 6.49. The summed E-state index contributed by atoms with van der Waals surface area (Å²) in [6, 6.07) is 8.33. The van der Waals surface area contributed by atoms with Crippen LogP contribution in [0.3, 0.4) is 0 Å². The standard InChI is InChI=1S/C22H28ClN3O.C4H6O6/c23-20-8-7-16-9-12-24-13-10-19(16)22(20)26-21(17-4-3-11-25-14-17)15-27-18-5-1-2-6-18;5-1(3(7)8)2(6)4(9)10/h3-4,7-8,11,14,18,21,24,26H,1-2,5-6,9-10,12-13,15H2;1-2,5-6H,(H,7,8)(H,9,10)/t;1-,2-/m.1/s1. The lowest BCUT2D eigenvalue weighted by molar-refractivity contribution is -0.165. The number of aliphatic hydroxyl groups excluding tert-OH is 2. The molecule has 37 heavy (non-hydrogen) atoms. The van der Waals surface area contributed by atoms with Gasteiger partial charge in [-0.1, -0.05) is 36.6 Å². The van der Waals surface area contributed by atoms with Crippen LogP contribution in [0, 0.1) is 0 Å². The largest absolute Gasteiger partial charge is 0.479 e. The summed E-state index contributed by atoms with van der Waals surface area (Å²) >= 11 is 6.63. The number of aliphatic carboxylic acids is 2. The molecule has 2 heterocycles. The predicted molar refractivity (Wildman–Crippen MR) is 138 cm³/mol. The number of halogens is 1. The third-order valence-corrected chi connectivity index (χ3v) is 6.81. The highest BCUT2D eigenvalue weighted by Crippen LogP contribution is 2.34. The van der Waals surface area contributed by atoms with Crippen LogP contribution >= 0.6 is 11.6 Å². The van der Waals surface area contributed by atoms with Crippen LogP contribution in [0.2, 0.25) is 5.02 Å². The molecule has 0 radical (unpaired) electrons. The molecule has 1 saturated carbocycles. The van der Waals surface area contributed by atoms with E-state index in [2.05, 4.69) is 27.8 Å². The number of hydrogen-bond acceptors (Lipinski definition) is 8. The van der Waals surface area contributed by atoms with Crippen molar-refractivity contribution in [1.29, 1.82) is 0 Å². The molecule has 0 amide bonds. The monoisotopic (exact) mass is 535 g/mol. The number of nitrogens with zero attached hydrogens (tertiary/aromatic N) is 1. The van der Waals surface area contributed by atoms with E-state index < -0.39 is 24.1 Å². The molecule has 1 unspecified atom stereocenters. The average Bonchev–Trinajstić information content (AvgIpc) is 3.31. The van der Waals surface area contributed by atoms with Crippen molar-refractivity contribution in [2.24, 2.45) is 0 Å². The minimum Gasteiger partial charge on any atom is -0.479 e. The zero-order chi connectivity index (χ0) is 26.8. The Hall–Kier alpha value is -2.76. The maximum Gasteiger partial charge on any atom is 0.335 e. The fraction of sp³-hybridized carbons (Fsp3) is 0.500. The summed E-state index contributed by atoms with van der Waals surface area (Å²) in [5.41, 5.74) is 4.91. The number of nitrogens with one attached hydrogen (secondary N) is 2. The van der Waals surface area contributed by atoms with Gasteiger partial charge in [0.2, 0.25) is 0 Å². The van der Waals surface area contributed by atoms with Gasteiger partial charge in [-0.3, -0.25) is 4.98 Å². The first-order valence-corrected chi connectivity index (χ1v) is 12.8. The van der Waals surface area contributed by atoms with E-state index in [0.29, 0.717) is 12.7 Å². The maximum absolute atomic E-state index is 9.77. The molecule has 1 aliphatic heterocycles. The summed E-state index contributed by atoms with van der Waals surface area (Å²) in [4.78, 5) is 23.9. The van der Waals surface area contributed by atoms with E-state index in [-0.39, 0.29) is 6.04 Å². The number of aliphatic hydroxyl groups is 2. The zero-order valence-electron chi connectivity index (χ0n) is 20.5. The summed E-state index contributed by atoms with van der Waals surface area (Å²) in [6.07, 6.45) is 6.52. The fourth-order valence-corrected chi connectivity index (χ4v) is 4.67. The Kier molecular flexibility index (Phi) is 11.1. The SMILES string of the molecule is Clc1ccc2c(c1NC(COC1CCCC1)c1cccnc1)CCNCC2.O=C(O)[C@H](O)[C@@H](O)C(=O)O. The molecule has 10 nitrogen and oxygen atoms in total. The minimum atomic E-state index is -2.27. The minimum absolute atomic E-state index is 0.0412. The first-order valence-electron chi connectivity index (χ1n) is 12.4. The van der Waals surface area contributed by atoms with Crippen LogP contribution in [0.4, 0.5) is 5.69 Å². The zero-order valence-corrected chi connectivity index (χ0v) is 21.2. The van der Waals surface area contributed by atoms with E-state index in [4.69, 9.17) is 36.8 Å². The van der Waals surface area contributed by atoms with Gasteiger partial charge in [0.05, 0.1) is 29.5 Å². The summed E-state index contributed by atoms with van der Waals surface area (Å²) in [5, 5.41) is 40.5. The smallest absolute Gasteiger partial charge is 0.335 e. The molecule has 3 atom stereocenters. The predicted octanol–water partition coefficient (Wildman–Crippen LogP) is 2.41. The van der Waals surface area contributed by atoms with Crippen LogP contribution in [0.1, 0.15) is 48.4 Å². The van der Waals surface area contributed by atoms with Gasteiger partial charge in [-0.25, -0.2) is 9.59 Å². The number of carboxylic acid groups (broad SMARTS) is 2. The van der Waals surface area contributed by atoms with Gasteiger partial charge in [0.1, 0.15) is 0 Å². The van der Waals surface area contributed by atoms with Gasteiger partial charge in [-0.05, 0) is 67.6 Å². The summed E-state index contributed by atoms with van der Waals surface area (Å²) in [5.74, 6) is -3.54. The molecule has 2 aromatic rings. The summed E-state index contributed by atoms with van der Waals surface area (Å²) in [6.45, 7) is 2.64. The number of carboxylic acids is 2. The van der Waals surface area contributed by atoms with Gasteiger partial charge in [-0.2, -0.15) is 0 Å². The van der Waals surface area contributed by atoms with E-state index in [1.807, 2.05) is 24.5 Å². The van der Waals surface area contributed by atoms with Crippen LogP contribution in [-0.4, -0.2) is 75.4 Å². The van der Waals surface area contributed by atoms with E-state index in [1.165, 1.54) is 36.8 Å². The number of hydrogen-bond donors (Lipinski definition) is 6. The Morgan fingerprint density at radius 1 is 1.08 bits per heavy atom. The second-order valence-corrected chi connectivity index (χ2v) is 9.51. The molecule has 1 aromatic carbocycles. The van der Waals surface area contributed by atoms with Crippen LogP contribution in [0.25, 0.3) is 0 Å². The molecule has 0 saturated heterocycles. The molecule has 0 spiro atoms. The first-order chi connectivity index (χ1) is 17.8. The number of rotatable bonds is 9. The van der Waals surface area contributed by atoms with Crippen molar-refractivity contribution in [1.82, 2.24) is 10.3 Å². The molecule has 1 aromatic heterocycles. The molecule has 0 bridgehead atoms. The topological polar surface area (TPSA) is 161 Å². The van der Waals surface area contributed by atoms with Crippen molar-refractivity contribution >= 4 is 29.2 Å². The summed E-state index contributed by atoms with van der Waals surface area (Å²) < 4.78 is 6.25. The Balaban J connectivity index is 0.000000325. The van der Waals surface area contributed by atoms with E-state index >= 15 is 0 Å². The highest BCUT2D eigenvalue weighted by Gasteiger charge is 2.29. The molecule has 202 valence electrons. The van der Waals surface area contributed by atoms with E-state index in [0.717, 1.165) is 42.2 Å². The quantitative estimate of drug-likeness (QED) is 0.281. The molecule has 6 N–H and O–H groups in total. The lowest BCUT2D eigenvalue weighted by Gasteiger charge is -2.25. The Labute approximate surface area is 220 Å². The Morgan fingerprint density at radius 2 is 1.76 bits per heavy atom. The van der Waals surface area contributed by atoms with Gasteiger partial charge >= 0.3 is 11.9 Å². The highest BCUT2D eigenvalue weighted by atomic mass is 35.5. The number of aromatic nitrogens is 1. The molecular formula is C26H34ClN3O7. The van der Waals surface area contributed by atoms with Crippen LogP contribution < -0.4 is 10.6 Å². The lowest BCUT2D eigenvalue weighted by atomic mass is 9.99. The number of ether oxygens (including phenoxy) is 1. The van der Waals surface area contributed by atoms with E-state index in [9.17, 15) is 9.59 Å². The highest BCUT2D eigenvalue weighted by molar-refractivity contribution is 6.33. The molecule has 1 aliphatic carbocycles. The number of benzene rings is 1. The second-order valence-electron chi connectivity index (χ2n) is 9.10. The van der Waals surface area contributed by atoms with Crippen molar-refractivity contribution in [3.05, 3.63) is 58.4 Å². The number of carbonyl (C=O) groups is 2. The Morgan fingerprint density at radius 3 is 2.38 bits per heavy atom. The van der Waals surface area contributed by atoms with Crippen molar-refractivity contribution in [2.45, 2.75) is 62.9 Å². The average molecular weight is 536 g/mol. The van der Waals surface area contributed by atoms with Crippen molar-refractivity contribution in [2.75, 3.05) is 25.0 Å². The van der Waals surface area contributed by atoms with Crippen molar-refractivity contribution in [3.8, 4) is 0 Å². The van der Waals surface area contributed by atoms with Gasteiger partial charge < -0.3 is 35.8 Å². The molecular weight excluding hydrogens is 502 g/mol. The molecule has 4 rings (SSSR count). The van der Waals surface area contributed by atoms with Crippen LogP contribution in [-0.2, 0) is 27.2 Å². The molecule has 11 heteroatoms. The number of pyridine rings is 1. The molecule has 2 aliphatic rings. The first kappa shape index (κ1) is 28.8. The van der Waals surface area contributed by atoms with Crippen molar-refractivity contribution in [3.63, 3.8) is 0 Å². The second kappa shape index (κ2) is 14.3. The van der Waals surface area contributed by atoms with Gasteiger partial charge in [-0.15, -0.1) is 0 Å². The van der Waals surface area contributed by atoms with Gasteiger partial charge in [0.15, 0.2) is 12.2 Å². The van der Waals surface area contributed by atoms with Crippen LogP contribution in [0.15, 0.2) is 36.7 Å². The molecule has 1 fully saturated rings. The third kappa shape index (κ3) is 8.37. The normalized spacial score (nSPS) is 17.9. The van der Waals surface area contributed by atoms with E-state index in [1.54, 1.807) is 0 Å². The number of anilines is 1. The summed E-state index contributed by atoms with van der Waals surface area (Å²) in [7, 11) is 0. The van der Waals surface area contributed by atoms with Gasteiger partial charge in [0.25, 0.3) is 0 Å². The lowest BCUT2D eigenvalue weighted by Crippen LogP contribution is -2.39. The van der Waals surface area contributed by atoms with Crippen molar-refractivity contribution < 1.29 is 34.8 Å². The van der Waals surface area contributed by atoms with Gasteiger partial charge in [0, 0.05) is 12.4 Å². The number of fused-ring (bicyclic) bond motifs is 1. The maximum atomic E-state index is 9.77.